The maximum Gasteiger partial charge on any atom is 0.329 e. The Kier molecular flexibility index (Phi) is 5.12. The Bertz CT molecular complexity index is 1280. The number of nitrogens with zero attached hydrogens (tertiary/aromatic N) is 6. The number of fused-ring (bicyclic) bond motifs is 1. The summed E-state index contributed by atoms with van der Waals surface area (Å²) >= 11 is 5.97. The van der Waals surface area contributed by atoms with Gasteiger partial charge in [-0.05, 0) is 29.8 Å². The molecule has 4 aromatic rings. The molecule has 4 heterocycles. The van der Waals surface area contributed by atoms with Crippen LogP contribution in [0.3, 0.4) is 0 Å². The number of aliphatic hydroxyl groups is 1. The number of halogens is 1. The Hall–Kier alpha value is -3.69. The van der Waals surface area contributed by atoms with Gasteiger partial charge in [0, 0.05) is 41.8 Å². The third-order valence-corrected chi connectivity index (χ3v) is 5.75. The predicted molar refractivity (Wildman–Crippen MR) is 120 cm³/mol. The minimum atomic E-state index is -0.447. The van der Waals surface area contributed by atoms with Crippen LogP contribution in [0.2, 0.25) is 5.02 Å². The number of rotatable bonds is 6. The Morgan fingerprint density at radius 2 is 2.00 bits per heavy atom. The van der Waals surface area contributed by atoms with Crippen LogP contribution in [0.1, 0.15) is 17.3 Å². The van der Waals surface area contributed by atoms with Crippen molar-refractivity contribution in [2.75, 3.05) is 11.9 Å². The van der Waals surface area contributed by atoms with E-state index < -0.39 is 6.04 Å². The lowest BCUT2D eigenvalue weighted by Gasteiger charge is -2.26. The number of hydrogen-bond acceptors (Lipinski definition) is 6. The Morgan fingerprint density at radius 3 is 2.69 bits per heavy atom. The molecular formula is C22H20ClN7O2. The topological polar surface area (TPSA) is 101 Å². The maximum atomic E-state index is 13.1. The van der Waals surface area contributed by atoms with Gasteiger partial charge in [0.25, 0.3) is 0 Å². The van der Waals surface area contributed by atoms with Crippen molar-refractivity contribution in [3.63, 3.8) is 0 Å². The van der Waals surface area contributed by atoms with Crippen LogP contribution in [-0.4, -0.2) is 47.0 Å². The first-order valence-corrected chi connectivity index (χ1v) is 10.4. The van der Waals surface area contributed by atoms with Gasteiger partial charge >= 0.3 is 6.03 Å². The summed E-state index contributed by atoms with van der Waals surface area (Å²) in [4.78, 5) is 23.6. The van der Waals surface area contributed by atoms with E-state index in [9.17, 15) is 9.90 Å². The highest BCUT2D eigenvalue weighted by Gasteiger charge is 2.33. The largest absolute Gasteiger partial charge is 0.394 e. The van der Waals surface area contributed by atoms with Gasteiger partial charge in [-0.15, -0.1) is 0 Å². The Morgan fingerprint density at radius 1 is 1.19 bits per heavy atom. The van der Waals surface area contributed by atoms with Gasteiger partial charge < -0.3 is 15.3 Å². The summed E-state index contributed by atoms with van der Waals surface area (Å²) < 4.78 is 3.29. The molecule has 2 N–H and O–H groups in total. The average molecular weight is 450 g/mol. The second kappa shape index (κ2) is 8.10. The lowest BCUT2D eigenvalue weighted by Crippen LogP contribution is -2.32. The smallest absolute Gasteiger partial charge is 0.329 e. The zero-order valence-corrected chi connectivity index (χ0v) is 17.9. The van der Waals surface area contributed by atoms with Crippen molar-refractivity contribution in [2.24, 2.45) is 7.05 Å². The van der Waals surface area contributed by atoms with Gasteiger partial charge in [0.1, 0.15) is 5.82 Å². The van der Waals surface area contributed by atoms with E-state index in [1.54, 1.807) is 50.9 Å². The van der Waals surface area contributed by atoms with E-state index in [1.807, 2.05) is 31.3 Å². The summed E-state index contributed by atoms with van der Waals surface area (Å²) in [5.74, 6) is 1.21. The number of nitrogens with one attached hydrogen (secondary N) is 1. The highest BCUT2D eigenvalue weighted by molar-refractivity contribution is 6.30. The zero-order valence-electron chi connectivity index (χ0n) is 17.2. The van der Waals surface area contributed by atoms with Crippen molar-refractivity contribution in [1.29, 1.82) is 0 Å². The number of carbonyl (C=O) groups is 1. The van der Waals surface area contributed by atoms with Gasteiger partial charge in [0.15, 0.2) is 0 Å². The van der Waals surface area contributed by atoms with Crippen molar-refractivity contribution in [2.45, 2.75) is 12.6 Å². The molecule has 0 bridgehead atoms. The van der Waals surface area contributed by atoms with Crippen LogP contribution in [-0.2, 0) is 13.6 Å². The summed E-state index contributed by atoms with van der Waals surface area (Å²) in [6.07, 6.45) is 5.12. The Balaban J connectivity index is 1.38. The van der Waals surface area contributed by atoms with Crippen molar-refractivity contribution >= 4 is 29.4 Å². The second-order valence-electron chi connectivity index (χ2n) is 7.48. The third kappa shape index (κ3) is 3.61. The van der Waals surface area contributed by atoms with Crippen LogP contribution in [0.5, 0.6) is 0 Å². The summed E-state index contributed by atoms with van der Waals surface area (Å²) in [6.45, 7) is 0.206. The molecule has 32 heavy (non-hydrogen) atoms. The molecule has 0 aliphatic carbocycles. The van der Waals surface area contributed by atoms with Gasteiger partial charge in [-0.1, -0.05) is 23.7 Å². The molecule has 10 heteroatoms. The number of aromatic nitrogens is 5. The molecule has 0 radical (unpaired) electrons. The summed E-state index contributed by atoms with van der Waals surface area (Å²) in [5.41, 5.74) is 3.17. The molecule has 1 aromatic carbocycles. The van der Waals surface area contributed by atoms with Gasteiger partial charge in [0.05, 0.1) is 31.1 Å². The standard InChI is InChI=1S/C22H20ClN7O2/c1-28-20(7-9-25-28)27-21-24-8-6-18(26-21)15-10-17-12-30(22(32)29(17)11-15)19(13-31)14-2-4-16(23)5-3-14/h2-11,19,31H,12-13H2,1H3,(H,24,26,27)/t19-/m1/s1. The molecule has 0 saturated carbocycles. The third-order valence-electron chi connectivity index (χ3n) is 5.50. The van der Waals surface area contributed by atoms with Gasteiger partial charge in [-0.2, -0.15) is 5.10 Å². The number of anilines is 2. The van der Waals surface area contributed by atoms with E-state index >= 15 is 0 Å². The van der Waals surface area contributed by atoms with E-state index in [4.69, 9.17) is 11.6 Å². The van der Waals surface area contributed by atoms with Gasteiger partial charge in [-0.25, -0.2) is 14.8 Å². The molecular weight excluding hydrogens is 430 g/mol. The molecule has 3 aromatic heterocycles. The first-order valence-electron chi connectivity index (χ1n) is 10.0. The van der Waals surface area contributed by atoms with Gasteiger partial charge in [-0.3, -0.25) is 9.25 Å². The molecule has 0 saturated heterocycles. The number of aliphatic hydroxyl groups excluding tert-OH is 1. The first-order chi connectivity index (χ1) is 15.5. The summed E-state index contributed by atoms with van der Waals surface area (Å²) in [7, 11) is 1.83. The zero-order chi connectivity index (χ0) is 22.2. The van der Waals surface area contributed by atoms with Gasteiger partial charge in [0.2, 0.25) is 5.95 Å². The monoisotopic (exact) mass is 449 g/mol. The average Bonchev–Trinajstić information content (AvgIpc) is 3.48. The SMILES string of the molecule is Cn1nccc1Nc1nccc(-c2cc3n(c2)C(=O)N([C@H](CO)c2ccc(Cl)cc2)C3)n1. The number of aryl methyl sites for hydroxylation is 1. The molecule has 0 unspecified atom stereocenters. The molecule has 1 aliphatic heterocycles. The van der Waals surface area contributed by atoms with Crippen molar-refractivity contribution in [3.05, 3.63) is 77.3 Å². The molecule has 1 amide bonds. The van der Waals surface area contributed by atoms with E-state index in [1.165, 1.54) is 0 Å². The van der Waals surface area contributed by atoms with Crippen molar-refractivity contribution < 1.29 is 9.90 Å². The number of benzene rings is 1. The van der Waals surface area contributed by atoms with Crippen LogP contribution < -0.4 is 5.32 Å². The number of carbonyl (C=O) groups excluding carboxylic acids is 1. The molecule has 0 spiro atoms. The van der Waals surface area contributed by atoms with Crippen LogP contribution in [0.25, 0.3) is 11.3 Å². The number of hydrogen-bond donors (Lipinski definition) is 2. The van der Waals surface area contributed by atoms with Crippen LogP contribution in [0.4, 0.5) is 16.6 Å². The molecule has 0 fully saturated rings. The van der Waals surface area contributed by atoms with Crippen molar-refractivity contribution in [1.82, 2.24) is 29.2 Å². The van der Waals surface area contributed by atoms with E-state index in [0.29, 0.717) is 23.2 Å². The highest BCUT2D eigenvalue weighted by atomic mass is 35.5. The Labute approximate surface area is 188 Å². The van der Waals surface area contributed by atoms with E-state index in [2.05, 4.69) is 20.4 Å². The fraction of sp³-hybridized carbons (Fsp3) is 0.182. The van der Waals surface area contributed by atoms with Crippen LogP contribution in [0, 0.1) is 0 Å². The molecule has 162 valence electrons. The fourth-order valence-corrected chi connectivity index (χ4v) is 3.96. The predicted octanol–water partition coefficient (Wildman–Crippen LogP) is 3.59. The summed E-state index contributed by atoms with van der Waals surface area (Å²) in [6, 6.07) is 12.1. The molecule has 1 aliphatic rings. The number of amides is 1. The lowest BCUT2D eigenvalue weighted by atomic mass is 10.1. The second-order valence-corrected chi connectivity index (χ2v) is 7.92. The lowest BCUT2D eigenvalue weighted by molar-refractivity contribution is 0.141. The van der Waals surface area contributed by atoms with Crippen molar-refractivity contribution in [3.8, 4) is 11.3 Å². The highest BCUT2D eigenvalue weighted by Crippen LogP contribution is 2.32. The van der Waals surface area contributed by atoms with E-state index in [0.717, 1.165) is 22.6 Å². The van der Waals surface area contributed by atoms with Crippen LogP contribution >= 0.6 is 11.6 Å². The molecule has 5 rings (SSSR count). The minimum Gasteiger partial charge on any atom is -0.394 e. The summed E-state index contributed by atoms with van der Waals surface area (Å²) in [5, 5.41) is 17.8. The quantitative estimate of drug-likeness (QED) is 0.466. The minimum absolute atomic E-state index is 0.181. The van der Waals surface area contributed by atoms with E-state index in [-0.39, 0.29) is 12.6 Å². The first kappa shape index (κ1) is 20.2. The van der Waals surface area contributed by atoms with Crippen LogP contribution in [0.15, 0.2) is 61.1 Å². The fourth-order valence-electron chi connectivity index (χ4n) is 3.83. The normalized spacial score (nSPS) is 14.0. The molecule has 9 nitrogen and oxygen atoms in total. The maximum absolute atomic E-state index is 13.1. The molecule has 1 atom stereocenters.